The first kappa shape index (κ1) is 18.7. The standard InChI is InChI=1S/C24H31Br/c1-2-3-4-5-6-7-8-19-9-10-23-18-22(12-11-21(23)17-19)20-13-15-24(25)16-14-20/h11-16,18-19H,2-10,17H2,1H3. The fourth-order valence-electron chi connectivity index (χ4n) is 4.11. The molecule has 0 fully saturated rings. The quantitative estimate of drug-likeness (QED) is 0.395. The second-order valence-electron chi connectivity index (χ2n) is 7.66. The summed E-state index contributed by atoms with van der Waals surface area (Å²) >= 11 is 3.52. The molecule has 2 aromatic carbocycles. The first-order valence-corrected chi connectivity index (χ1v) is 10.9. The molecule has 0 amide bonds. The van der Waals surface area contributed by atoms with E-state index in [9.17, 15) is 0 Å². The Morgan fingerprint density at radius 1 is 0.840 bits per heavy atom. The van der Waals surface area contributed by atoms with Crippen molar-refractivity contribution >= 4 is 15.9 Å². The van der Waals surface area contributed by atoms with Gasteiger partial charge < -0.3 is 0 Å². The van der Waals surface area contributed by atoms with Crippen molar-refractivity contribution in [2.24, 2.45) is 5.92 Å². The molecule has 1 unspecified atom stereocenters. The molecule has 1 atom stereocenters. The molecule has 25 heavy (non-hydrogen) atoms. The molecule has 1 aliphatic rings. The fourth-order valence-corrected chi connectivity index (χ4v) is 4.38. The Bertz CT molecular complexity index is 656. The third kappa shape index (κ3) is 5.45. The van der Waals surface area contributed by atoms with E-state index >= 15 is 0 Å². The van der Waals surface area contributed by atoms with Crippen molar-refractivity contribution in [1.82, 2.24) is 0 Å². The number of aryl methyl sites for hydroxylation is 1. The summed E-state index contributed by atoms with van der Waals surface area (Å²) in [5, 5.41) is 0. The van der Waals surface area contributed by atoms with Crippen LogP contribution in [0.4, 0.5) is 0 Å². The normalized spacial score (nSPS) is 16.6. The molecule has 0 bridgehead atoms. The van der Waals surface area contributed by atoms with Crippen LogP contribution in [0.5, 0.6) is 0 Å². The number of fused-ring (bicyclic) bond motifs is 1. The number of hydrogen-bond acceptors (Lipinski definition) is 0. The Labute approximate surface area is 162 Å². The van der Waals surface area contributed by atoms with Crippen molar-refractivity contribution in [3.05, 3.63) is 58.1 Å². The minimum absolute atomic E-state index is 0.914. The van der Waals surface area contributed by atoms with Crippen LogP contribution in [0.2, 0.25) is 0 Å². The van der Waals surface area contributed by atoms with Gasteiger partial charge in [-0.3, -0.25) is 0 Å². The number of halogens is 1. The summed E-state index contributed by atoms with van der Waals surface area (Å²) in [5.41, 5.74) is 5.86. The molecule has 0 spiro atoms. The molecule has 0 nitrogen and oxygen atoms in total. The molecule has 0 saturated carbocycles. The lowest BCUT2D eigenvalue weighted by atomic mass is 9.80. The number of benzene rings is 2. The van der Waals surface area contributed by atoms with E-state index in [1.807, 2.05) is 0 Å². The van der Waals surface area contributed by atoms with E-state index < -0.39 is 0 Å². The third-order valence-electron chi connectivity index (χ3n) is 5.68. The number of unbranched alkanes of at least 4 members (excludes halogenated alkanes) is 5. The van der Waals surface area contributed by atoms with Gasteiger partial charge in [0, 0.05) is 4.47 Å². The first-order chi connectivity index (χ1) is 12.3. The van der Waals surface area contributed by atoms with Gasteiger partial charge in [0.15, 0.2) is 0 Å². The Hall–Kier alpha value is -1.08. The number of hydrogen-bond donors (Lipinski definition) is 0. The SMILES string of the molecule is CCCCCCCCC1CCc2cc(-c3ccc(Br)cc3)ccc2C1. The topological polar surface area (TPSA) is 0 Å². The first-order valence-electron chi connectivity index (χ1n) is 10.1. The maximum atomic E-state index is 3.52. The molecule has 134 valence electrons. The van der Waals surface area contributed by atoms with Crippen molar-refractivity contribution in [2.75, 3.05) is 0 Å². The van der Waals surface area contributed by atoms with Gasteiger partial charge in [0.1, 0.15) is 0 Å². The van der Waals surface area contributed by atoms with E-state index in [1.165, 1.54) is 75.3 Å². The molecule has 1 aliphatic carbocycles. The van der Waals surface area contributed by atoms with E-state index in [-0.39, 0.29) is 0 Å². The lowest BCUT2D eigenvalue weighted by Gasteiger charge is -2.25. The van der Waals surface area contributed by atoms with E-state index in [0.717, 1.165) is 10.4 Å². The highest BCUT2D eigenvalue weighted by Gasteiger charge is 2.18. The summed E-state index contributed by atoms with van der Waals surface area (Å²) in [6, 6.07) is 15.8. The summed E-state index contributed by atoms with van der Waals surface area (Å²) < 4.78 is 1.15. The lowest BCUT2D eigenvalue weighted by Crippen LogP contribution is -2.14. The van der Waals surface area contributed by atoms with Gasteiger partial charge in [0.05, 0.1) is 0 Å². The molecule has 0 saturated heterocycles. The Balaban J connectivity index is 1.53. The Morgan fingerprint density at radius 3 is 2.36 bits per heavy atom. The molecule has 1 heteroatoms. The summed E-state index contributed by atoms with van der Waals surface area (Å²) in [5.74, 6) is 0.914. The van der Waals surface area contributed by atoms with Crippen LogP contribution < -0.4 is 0 Å². The zero-order valence-electron chi connectivity index (χ0n) is 15.6. The molecule has 0 aromatic heterocycles. The predicted molar refractivity (Wildman–Crippen MR) is 113 cm³/mol. The highest BCUT2D eigenvalue weighted by atomic mass is 79.9. The van der Waals surface area contributed by atoms with Gasteiger partial charge >= 0.3 is 0 Å². The summed E-state index contributed by atoms with van der Waals surface area (Å²) in [6.07, 6.45) is 13.9. The van der Waals surface area contributed by atoms with Crippen LogP contribution in [0.3, 0.4) is 0 Å². The number of rotatable bonds is 8. The van der Waals surface area contributed by atoms with Crippen LogP contribution in [-0.4, -0.2) is 0 Å². The molecule has 2 aromatic rings. The molecule has 0 radical (unpaired) electrons. The monoisotopic (exact) mass is 398 g/mol. The van der Waals surface area contributed by atoms with Crippen molar-refractivity contribution < 1.29 is 0 Å². The van der Waals surface area contributed by atoms with Crippen molar-refractivity contribution in [2.45, 2.75) is 71.1 Å². The van der Waals surface area contributed by atoms with Gasteiger partial charge in [-0.2, -0.15) is 0 Å². The Morgan fingerprint density at radius 2 is 1.56 bits per heavy atom. The molecule has 0 aliphatic heterocycles. The maximum absolute atomic E-state index is 3.52. The molecular formula is C24H31Br. The third-order valence-corrected chi connectivity index (χ3v) is 6.21. The lowest BCUT2D eigenvalue weighted by molar-refractivity contribution is 0.404. The van der Waals surface area contributed by atoms with Gasteiger partial charge in [-0.1, -0.05) is 98.1 Å². The summed E-state index contributed by atoms with van der Waals surface area (Å²) in [7, 11) is 0. The highest BCUT2D eigenvalue weighted by Crippen LogP contribution is 2.32. The fraction of sp³-hybridized carbons (Fsp3) is 0.500. The average Bonchev–Trinajstić information content (AvgIpc) is 2.65. The molecule has 0 N–H and O–H groups in total. The average molecular weight is 399 g/mol. The van der Waals surface area contributed by atoms with E-state index in [0.29, 0.717) is 0 Å². The zero-order chi connectivity index (χ0) is 17.5. The van der Waals surface area contributed by atoms with Crippen LogP contribution >= 0.6 is 15.9 Å². The van der Waals surface area contributed by atoms with E-state index in [1.54, 1.807) is 11.1 Å². The highest BCUT2D eigenvalue weighted by molar-refractivity contribution is 9.10. The largest absolute Gasteiger partial charge is 0.0654 e. The maximum Gasteiger partial charge on any atom is 0.0175 e. The zero-order valence-corrected chi connectivity index (χ0v) is 17.2. The predicted octanol–water partition coefficient (Wildman–Crippen LogP) is 7.97. The molecular weight excluding hydrogens is 368 g/mol. The van der Waals surface area contributed by atoms with Crippen LogP contribution in [-0.2, 0) is 12.8 Å². The van der Waals surface area contributed by atoms with Gasteiger partial charge in [0.2, 0.25) is 0 Å². The van der Waals surface area contributed by atoms with Crippen molar-refractivity contribution in [3.8, 4) is 11.1 Å². The van der Waals surface area contributed by atoms with Gasteiger partial charge in [-0.05, 0) is 59.6 Å². The molecule has 3 rings (SSSR count). The summed E-state index contributed by atoms with van der Waals surface area (Å²) in [6.45, 7) is 2.29. The van der Waals surface area contributed by atoms with Gasteiger partial charge in [-0.15, -0.1) is 0 Å². The Kier molecular flexibility index (Phi) is 7.16. The van der Waals surface area contributed by atoms with Crippen LogP contribution in [0, 0.1) is 5.92 Å². The van der Waals surface area contributed by atoms with Gasteiger partial charge in [-0.25, -0.2) is 0 Å². The van der Waals surface area contributed by atoms with Crippen LogP contribution in [0.15, 0.2) is 46.9 Å². The molecule has 0 heterocycles. The van der Waals surface area contributed by atoms with Crippen LogP contribution in [0.25, 0.3) is 11.1 Å². The van der Waals surface area contributed by atoms with Gasteiger partial charge in [0.25, 0.3) is 0 Å². The summed E-state index contributed by atoms with van der Waals surface area (Å²) in [4.78, 5) is 0. The second-order valence-corrected chi connectivity index (χ2v) is 8.57. The minimum atomic E-state index is 0.914. The second kappa shape index (κ2) is 9.57. The van der Waals surface area contributed by atoms with E-state index in [4.69, 9.17) is 0 Å². The smallest absolute Gasteiger partial charge is 0.0175 e. The van der Waals surface area contributed by atoms with Crippen LogP contribution in [0.1, 0.15) is 69.4 Å². The van der Waals surface area contributed by atoms with E-state index in [2.05, 4.69) is 65.3 Å². The minimum Gasteiger partial charge on any atom is -0.0654 e. The van der Waals surface area contributed by atoms with Crippen molar-refractivity contribution in [1.29, 1.82) is 0 Å². The van der Waals surface area contributed by atoms with Crippen molar-refractivity contribution in [3.63, 3.8) is 0 Å².